The lowest BCUT2D eigenvalue weighted by Crippen LogP contribution is -2.40. The van der Waals surface area contributed by atoms with Crippen LogP contribution in [0.1, 0.15) is 30.5 Å². The predicted molar refractivity (Wildman–Crippen MR) is 64.2 cm³/mol. The van der Waals surface area contributed by atoms with Gasteiger partial charge in [0.2, 0.25) is 0 Å². The van der Waals surface area contributed by atoms with Gasteiger partial charge in [0.15, 0.2) is 0 Å². The Labute approximate surface area is 97.0 Å². The van der Waals surface area contributed by atoms with Crippen molar-refractivity contribution in [2.45, 2.75) is 44.8 Å². The van der Waals surface area contributed by atoms with Crippen molar-refractivity contribution in [2.24, 2.45) is 5.73 Å². The molecule has 0 spiro atoms. The molecule has 16 heavy (non-hydrogen) atoms. The van der Waals surface area contributed by atoms with Crippen molar-refractivity contribution in [3.05, 3.63) is 29.6 Å². The first-order valence-electron chi connectivity index (χ1n) is 6.04. The molecule has 2 atom stereocenters. The second-order valence-corrected chi connectivity index (χ2v) is 4.60. The highest BCUT2D eigenvalue weighted by molar-refractivity contribution is 5.13. The van der Waals surface area contributed by atoms with Crippen molar-refractivity contribution in [3.63, 3.8) is 0 Å². The van der Waals surface area contributed by atoms with Crippen molar-refractivity contribution in [3.8, 4) is 0 Å². The van der Waals surface area contributed by atoms with Gasteiger partial charge < -0.3 is 10.5 Å². The molecule has 1 aromatic rings. The van der Waals surface area contributed by atoms with Crippen LogP contribution in [0.25, 0.3) is 0 Å². The number of ether oxygens (including phenoxy) is 1. The van der Waals surface area contributed by atoms with E-state index in [4.69, 9.17) is 10.5 Å². The fraction of sp³-hybridized carbons (Fsp3) is 0.615. The number of aromatic nitrogens is 1. The van der Waals surface area contributed by atoms with E-state index >= 15 is 0 Å². The Kier molecular flexibility index (Phi) is 3.91. The maximum atomic E-state index is 6.15. The fourth-order valence-corrected chi connectivity index (χ4v) is 2.10. The summed E-state index contributed by atoms with van der Waals surface area (Å²) >= 11 is 0. The van der Waals surface area contributed by atoms with Crippen LogP contribution in [-0.4, -0.2) is 23.7 Å². The maximum absolute atomic E-state index is 6.15. The van der Waals surface area contributed by atoms with Gasteiger partial charge in [0.05, 0.1) is 6.10 Å². The summed E-state index contributed by atoms with van der Waals surface area (Å²) < 4.78 is 5.68. The fourth-order valence-electron chi connectivity index (χ4n) is 2.10. The van der Waals surface area contributed by atoms with Crippen molar-refractivity contribution >= 4 is 0 Å². The van der Waals surface area contributed by atoms with Gasteiger partial charge in [-0.25, -0.2) is 0 Å². The van der Waals surface area contributed by atoms with Gasteiger partial charge in [0.1, 0.15) is 0 Å². The van der Waals surface area contributed by atoms with Crippen LogP contribution in [0.2, 0.25) is 0 Å². The second-order valence-electron chi connectivity index (χ2n) is 4.60. The van der Waals surface area contributed by atoms with Gasteiger partial charge in [-0.3, -0.25) is 4.98 Å². The lowest BCUT2D eigenvalue weighted by molar-refractivity contribution is 0.000470. The molecule has 2 heterocycles. The van der Waals surface area contributed by atoms with Crippen molar-refractivity contribution in [2.75, 3.05) is 6.61 Å². The Morgan fingerprint density at radius 1 is 1.50 bits per heavy atom. The molecule has 1 aliphatic heterocycles. The van der Waals surface area contributed by atoms with E-state index in [9.17, 15) is 0 Å². The minimum Gasteiger partial charge on any atom is -0.377 e. The second kappa shape index (κ2) is 5.41. The summed E-state index contributed by atoms with van der Waals surface area (Å²) in [6.45, 7) is 2.90. The molecule has 0 aliphatic carbocycles. The third-order valence-corrected chi connectivity index (χ3v) is 3.11. The summed E-state index contributed by atoms with van der Waals surface area (Å²) in [5.41, 5.74) is 8.40. The first kappa shape index (κ1) is 11.6. The maximum Gasteiger partial charge on any atom is 0.0729 e. The van der Waals surface area contributed by atoms with Crippen LogP contribution in [0, 0.1) is 6.92 Å². The van der Waals surface area contributed by atoms with Gasteiger partial charge in [-0.05, 0) is 37.8 Å². The monoisotopic (exact) mass is 220 g/mol. The van der Waals surface area contributed by atoms with E-state index in [1.165, 1.54) is 18.4 Å². The Balaban J connectivity index is 1.90. The molecule has 0 radical (unpaired) electrons. The van der Waals surface area contributed by atoms with Crippen molar-refractivity contribution in [1.29, 1.82) is 0 Å². The van der Waals surface area contributed by atoms with Crippen LogP contribution < -0.4 is 5.73 Å². The van der Waals surface area contributed by atoms with Gasteiger partial charge in [-0.15, -0.1) is 0 Å². The first-order valence-corrected chi connectivity index (χ1v) is 6.04. The average molecular weight is 220 g/mol. The van der Waals surface area contributed by atoms with E-state index in [1.807, 2.05) is 13.1 Å². The molecule has 1 aromatic heterocycles. The molecule has 0 amide bonds. The molecule has 2 rings (SSSR count). The minimum absolute atomic E-state index is 0.0792. The molecule has 88 valence electrons. The smallest absolute Gasteiger partial charge is 0.0729 e. The Bertz CT molecular complexity index is 317. The third kappa shape index (κ3) is 3.03. The molecule has 2 N–H and O–H groups in total. The minimum atomic E-state index is 0.0792. The average Bonchev–Trinajstić information content (AvgIpc) is 2.33. The lowest BCUT2D eigenvalue weighted by atomic mass is 9.99. The number of hydrogen-bond acceptors (Lipinski definition) is 3. The van der Waals surface area contributed by atoms with Gasteiger partial charge >= 0.3 is 0 Å². The normalized spacial score (nSPS) is 23.0. The van der Waals surface area contributed by atoms with Crippen LogP contribution in [0.3, 0.4) is 0 Å². The van der Waals surface area contributed by atoms with Gasteiger partial charge in [-0.1, -0.05) is 6.07 Å². The van der Waals surface area contributed by atoms with Gasteiger partial charge in [0, 0.05) is 31.0 Å². The molecule has 1 saturated heterocycles. The van der Waals surface area contributed by atoms with Crippen LogP contribution in [-0.2, 0) is 11.2 Å². The highest BCUT2D eigenvalue weighted by atomic mass is 16.5. The van der Waals surface area contributed by atoms with E-state index in [0.29, 0.717) is 0 Å². The highest BCUT2D eigenvalue weighted by Crippen LogP contribution is 2.16. The summed E-state index contributed by atoms with van der Waals surface area (Å²) in [6, 6.07) is 4.21. The number of rotatable bonds is 3. The van der Waals surface area contributed by atoms with Crippen LogP contribution in [0.4, 0.5) is 0 Å². The van der Waals surface area contributed by atoms with Gasteiger partial charge in [-0.2, -0.15) is 0 Å². The molecular formula is C13H20N2O. The molecule has 0 aromatic carbocycles. The molecule has 0 saturated carbocycles. The topological polar surface area (TPSA) is 48.1 Å². The lowest BCUT2D eigenvalue weighted by Gasteiger charge is -2.27. The number of nitrogens with zero attached hydrogens (tertiary/aromatic N) is 1. The first-order chi connectivity index (χ1) is 7.75. The molecule has 1 aliphatic rings. The molecule has 0 bridgehead atoms. The Hall–Kier alpha value is -0.930. The van der Waals surface area contributed by atoms with Crippen LogP contribution in [0.5, 0.6) is 0 Å². The molecule has 1 fully saturated rings. The van der Waals surface area contributed by atoms with E-state index < -0.39 is 0 Å². The number of pyridine rings is 1. The van der Waals surface area contributed by atoms with E-state index in [-0.39, 0.29) is 12.1 Å². The van der Waals surface area contributed by atoms with Crippen molar-refractivity contribution < 1.29 is 4.74 Å². The number of nitrogens with two attached hydrogens (primary N) is 1. The summed E-state index contributed by atoms with van der Waals surface area (Å²) in [7, 11) is 0. The van der Waals surface area contributed by atoms with E-state index in [1.54, 1.807) is 0 Å². The summed E-state index contributed by atoms with van der Waals surface area (Å²) in [6.07, 6.45) is 6.42. The summed E-state index contributed by atoms with van der Waals surface area (Å²) in [4.78, 5) is 4.38. The standard InChI is InChI=1S/C13H20N2O/c1-10-5-6-11(15-9-10)8-12(14)13-4-2-3-7-16-13/h5-6,9,12-13H,2-4,7-8,14H2,1H3. The summed E-state index contributed by atoms with van der Waals surface area (Å²) in [5, 5.41) is 0. The molecular weight excluding hydrogens is 200 g/mol. The Morgan fingerprint density at radius 3 is 3.00 bits per heavy atom. The number of aryl methyl sites for hydroxylation is 1. The number of hydrogen-bond donors (Lipinski definition) is 1. The quantitative estimate of drug-likeness (QED) is 0.845. The molecule has 3 heteroatoms. The van der Waals surface area contributed by atoms with Crippen molar-refractivity contribution in [1.82, 2.24) is 4.98 Å². The van der Waals surface area contributed by atoms with E-state index in [2.05, 4.69) is 17.1 Å². The largest absolute Gasteiger partial charge is 0.377 e. The predicted octanol–water partition coefficient (Wildman–Crippen LogP) is 1.83. The highest BCUT2D eigenvalue weighted by Gasteiger charge is 2.21. The van der Waals surface area contributed by atoms with Crippen LogP contribution in [0.15, 0.2) is 18.3 Å². The third-order valence-electron chi connectivity index (χ3n) is 3.11. The van der Waals surface area contributed by atoms with E-state index in [0.717, 1.165) is 25.1 Å². The zero-order chi connectivity index (χ0) is 11.4. The SMILES string of the molecule is Cc1ccc(CC(N)C2CCCCO2)nc1. The molecule has 3 nitrogen and oxygen atoms in total. The summed E-state index contributed by atoms with van der Waals surface area (Å²) in [5.74, 6) is 0. The Morgan fingerprint density at radius 2 is 2.38 bits per heavy atom. The van der Waals surface area contributed by atoms with Gasteiger partial charge in [0.25, 0.3) is 0 Å². The zero-order valence-electron chi connectivity index (χ0n) is 9.86. The zero-order valence-corrected chi connectivity index (χ0v) is 9.86. The van der Waals surface area contributed by atoms with Crippen LogP contribution >= 0.6 is 0 Å². The molecule has 2 unspecified atom stereocenters.